The fourth-order valence-electron chi connectivity index (χ4n) is 1.39. The van der Waals surface area contributed by atoms with Gasteiger partial charge in [-0.1, -0.05) is 20.8 Å². The maximum Gasteiger partial charge on any atom is 0.224 e. The molecular weight excluding hydrogens is 202 g/mol. The average molecular weight is 220 g/mol. The first kappa shape index (κ1) is 11.8. The van der Waals surface area contributed by atoms with Crippen LogP contribution >= 0.6 is 11.6 Å². The van der Waals surface area contributed by atoms with Crippen molar-refractivity contribution in [2.24, 2.45) is 11.3 Å². The Hall–Kier alpha value is -0.280. The molecule has 2 unspecified atom stereocenters. The molecule has 3 nitrogen and oxygen atoms in total. The van der Waals surface area contributed by atoms with Crippen LogP contribution in [0.3, 0.4) is 0 Å². The summed E-state index contributed by atoms with van der Waals surface area (Å²) in [6.45, 7) is 7.32. The second-order valence-corrected chi connectivity index (χ2v) is 4.93. The standard InChI is InChI=1S/C10H18ClNO2/c1-7(4-11)9(13)12-8-5-14-6-10(8,2)3/h7-8H,4-6H2,1-3H3,(H,12,13). The Balaban J connectivity index is 2.48. The van der Waals surface area contributed by atoms with Crippen LogP contribution in [0.5, 0.6) is 0 Å². The largest absolute Gasteiger partial charge is 0.379 e. The third kappa shape index (κ3) is 2.61. The Kier molecular flexibility index (Phi) is 3.78. The second-order valence-electron chi connectivity index (χ2n) is 4.62. The van der Waals surface area contributed by atoms with Crippen LogP contribution in [0.25, 0.3) is 0 Å². The molecule has 1 aliphatic rings. The van der Waals surface area contributed by atoms with Gasteiger partial charge in [0, 0.05) is 17.2 Å². The third-order valence-corrected chi connectivity index (χ3v) is 3.16. The highest BCUT2D eigenvalue weighted by Gasteiger charge is 2.37. The zero-order valence-corrected chi connectivity index (χ0v) is 9.73. The van der Waals surface area contributed by atoms with Gasteiger partial charge in [-0.15, -0.1) is 11.6 Å². The van der Waals surface area contributed by atoms with E-state index in [1.807, 2.05) is 6.92 Å². The van der Waals surface area contributed by atoms with E-state index in [1.165, 1.54) is 0 Å². The van der Waals surface area contributed by atoms with Gasteiger partial charge >= 0.3 is 0 Å². The molecule has 1 amide bonds. The fraction of sp³-hybridized carbons (Fsp3) is 0.900. The Bertz CT molecular complexity index is 218. The van der Waals surface area contributed by atoms with Gasteiger partial charge in [0.15, 0.2) is 0 Å². The molecule has 1 saturated heterocycles. The number of carbonyl (C=O) groups is 1. The van der Waals surface area contributed by atoms with Crippen molar-refractivity contribution in [2.75, 3.05) is 19.1 Å². The van der Waals surface area contributed by atoms with Crippen LogP contribution in [-0.2, 0) is 9.53 Å². The Morgan fingerprint density at radius 3 is 2.79 bits per heavy atom. The smallest absolute Gasteiger partial charge is 0.224 e. The molecule has 0 aromatic rings. The molecule has 1 N–H and O–H groups in total. The highest BCUT2D eigenvalue weighted by Crippen LogP contribution is 2.27. The molecule has 1 heterocycles. The van der Waals surface area contributed by atoms with Crippen LogP contribution in [0.2, 0.25) is 0 Å². The SMILES string of the molecule is CC(CCl)C(=O)NC1COCC1(C)C. The van der Waals surface area contributed by atoms with E-state index in [9.17, 15) is 4.79 Å². The quantitative estimate of drug-likeness (QED) is 0.729. The molecule has 0 spiro atoms. The van der Waals surface area contributed by atoms with Crippen LogP contribution in [0.15, 0.2) is 0 Å². The minimum absolute atomic E-state index is 0.0172. The molecule has 1 rings (SSSR count). The van der Waals surface area contributed by atoms with Gasteiger partial charge in [-0.2, -0.15) is 0 Å². The summed E-state index contributed by atoms with van der Waals surface area (Å²) < 4.78 is 5.34. The van der Waals surface area contributed by atoms with Crippen molar-refractivity contribution in [3.8, 4) is 0 Å². The minimum atomic E-state index is -0.131. The highest BCUT2D eigenvalue weighted by atomic mass is 35.5. The van der Waals surface area contributed by atoms with Gasteiger partial charge in [-0.05, 0) is 0 Å². The highest BCUT2D eigenvalue weighted by molar-refractivity contribution is 6.19. The van der Waals surface area contributed by atoms with E-state index < -0.39 is 0 Å². The lowest BCUT2D eigenvalue weighted by Gasteiger charge is -2.26. The van der Waals surface area contributed by atoms with Crippen molar-refractivity contribution >= 4 is 17.5 Å². The lowest BCUT2D eigenvalue weighted by molar-refractivity contribution is -0.125. The monoisotopic (exact) mass is 219 g/mol. The topological polar surface area (TPSA) is 38.3 Å². The van der Waals surface area contributed by atoms with Gasteiger partial charge in [0.25, 0.3) is 0 Å². The summed E-state index contributed by atoms with van der Waals surface area (Å²) in [6.07, 6.45) is 0. The summed E-state index contributed by atoms with van der Waals surface area (Å²) in [4.78, 5) is 11.6. The number of hydrogen-bond donors (Lipinski definition) is 1. The first-order chi connectivity index (χ1) is 6.47. The van der Waals surface area contributed by atoms with Crippen LogP contribution < -0.4 is 5.32 Å². The molecule has 1 fully saturated rings. The van der Waals surface area contributed by atoms with Crippen LogP contribution in [0, 0.1) is 11.3 Å². The molecule has 82 valence electrons. The van der Waals surface area contributed by atoms with Gasteiger partial charge in [0.2, 0.25) is 5.91 Å². The van der Waals surface area contributed by atoms with Crippen molar-refractivity contribution < 1.29 is 9.53 Å². The normalized spacial score (nSPS) is 27.3. The minimum Gasteiger partial charge on any atom is -0.379 e. The summed E-state index contributed by atoms with van der Waals surface area (Å²) in [6, 6.07) is 0.112. The van der Waals surface area contributed by atoms with E-state index in [2.05, 4.69) is 19.2 Å². The Labute approximate surface area is 90.1 Å². The lowest BCUT2D eigenvalue weighted by Crippen LogP contribution is -2.46. The molecule has 14 heavy (non-hydrogen) atoms. The molecule has 4 heteroatoms. The van der Waals surface area contributed by atoms with Crippen molar-refractivity contribution in [3.05, 3.63) is 0 Å². The number of hydrogen-bond acceptors (Lipinski definition) is 2. The summed E-state index contributed by atoms with van der Waals surface area (Å²) in [5.74, 6) is 0.247. The van der Waals surface area contributed by atoms with E-state index in [-0.39, 0.29) is 23.3 Å². The molecule has 0 aromatic heterocycles. The number of halogens is 1. The van der Waals surface area contributed by atoms with Gasteiger partial charge < -0.3 is 10.1 Å². The second kappa shape index (κ2) is 4.49. The van der Waals surface area contributed by atoms with Gasteiger partial charge in [0.1, 0.15) is 0 Å². The summed E-state index contributed by atoms with van der Waals surface area (Å²) in [5, 5.41) is 2.97. The zero-order chi connectivity index (χ0) is 10.8. The average Bonchev–Trinajstić information content (AvgIpc) is 2.44. The molecule has 0 aromatic carbocycles. The molecule has 0 bridgehead atoms. The van der Waals surface area contributed by atoms with E-state index in [0.29, 0.717) is 19.1 Å². The number of amides is 1. The summed E-state index contributed by atoms with van der Waals surface area (Å²) in [7, 11) is 0. The maximum atomic E-state index is 11.6. The maximum absolute atomic E-state index is 11.6. The van der Waals surface area contributed by atoms with Crippen molar-refractivity contribution in [3.63, 3.8) is 0 Å². The first-order valence-electron chi connectivity index (χ1n) is 4.91. The summed E-state index contributed by atoms with van der Waals surface area (Å²) in [5.41, 5.74) is 0.0295. The predicted molar refractivity (Wildman–Crippen MR) is 56.4 cm³/mol. The number of alkyl halides is 1. The number of ether oxygens (including phenoxy) is 1. The fourth-order valence-corrected chi connectivity index (χ4v) is 1.53. The van der Waals surface area contributed by atoms with E-state index in [4.69, 9.17) is 16.3 Å². The lowest BCUT2D eigenvalue weighted by atomic mass is 9.87. The zero-order valence-electron chi connectivity index (χ0n) is 8.97. The summed E-state index contributed by atoms with van der Waals surface area (Å²) >= 11 is 5.61. The molecule has 2 atom stereocenters. The van der Waals surface area contributed by atoms with Crippen LogP contribution in [0.4, 0.5) is 0 Å². The molecule has 0 aliphatic carbocycles. The number of rotatable bonds is 3. The number of nitrogens with one attached hydrogen (secondary N) is 1. The molecular formula is C10H18ClNO2. The Morgan fingerprint density at radius 1 is 1.71 bits per heavy atom. The van der Waals surface area contributed by atoms with Crippen LogP contribution in [-0.4, -0.2) is 31.0 Å². The van der Waals surface area contributed by atoms with Crippen LogP contribution in [0.1, 0.15) is 20.8 Å². The van der Waals surface area contributed by atoms with Crippen molar-refractivity contribution in [2.45, 2.75) is 26.8 Å². The van der Waals surface area contributed by atoms with Crippen molar-refractivity contribution in [1.29, 1.82) is 0 Å². The van der Waals surface area contributed by atoms with E-state index in [1.54, 1.807) is 0 Å². The Morgan fingerprint density at radius 2 is 2.36 bits per heavy atom. The predicted octanol–water partition coefficient (Wildman–Crippen LogP) is 1.40. The third-order valence-electron chi connectivity index (χ3n) is 2.70. The number of carbonyl (C=O) groups excluding carboxylic acids is 1. The molecule has 0 saturated carbocycles. The van der Waals surface area contributed by atoms with Crippen molar-refractivity contribution in [1.82, 2.24) is 5.32 Å². The van der Waals surface area contributed by atoms with Gasteiger partial charge in [-0.3, -0.25) is 4.79 Å². The first-order valence-corrected chi connectivity index (χ1v) is 5.45. The van der Waals surface area contributed by atoms with Gasteiger partial charge in [-0.25, -0.2) is 0 Å². The molecule has 0 radical (unpaired) electrons. The van der Waals surface area contributed by atoms with Gasteiger partial charge in [0.05, 0.1) is 19.3 Å². The van der Waals surface area contributed by atoms with E-state index >= 15 is 0 Å². The molecule has 1 aliphatic heterocycles. The van der Waals surface area contributed by atoms with E-state index in [0.717, 1.165) is 0 Å².